The molecule has 1 aromatic carbocycles. The van der Waals surface area contributed by atoms with Crippen molar-refractivity contribution in [1.29, 1.82) is 0 Å². The van der Waals surface area contributed by atoms with E-state index in [2.05, 4.69) is 6.92 Å². The molecule has 1 aromatic rings. The van der Waals surface area contributed by atoms with E-state index in [0.29, 0.717) is 0 Å². The van der Waals surface area contributed by atoms with Gasteiger partial charge >= 0.3 is 0 Å². The molecule has 0 aromatic heterocycles. The Balaban J connectivity index is 2.52. The SMILES string of the molecule is CC=CC(O)(OCCCCCCCCCC)C(=O)c1ccc([N+](=O)[O-])cc1. The van der Waals surface area contributed by atoms with Crippen LogP contribution in [0.15, 0.2) is 36.4 Å². The van der Waals surface area contributed by atoms with Gasteiger partial charge in [-0.15, -0.1) is 0 Å². The van der Waals surface area contributed by atoms with E-state index < -0.39 is 16.5 Å². The van der Waals surface area contributed by atoms with Gasteiger partial charge in [0.05, 0.1) is 11.5 Å². The Morgan fingerprint density at radius 1 is 1.11 bits per heavy atom. The van der Waals surface area contributed by atoms with Crippen LogP contribution in [0.1, 0.15) is 75.6 Å². The number of benzene rings is 1. The first-order valence-electron chi connectivity index (χ1n) is 9.74. The molecule has 0 heterocycles. The molecule has 0 saturated carbocycles. The lowest BCUT2D eigenvalue weighted by Crippen LogP contribution is -2.40. The molecule has 1 atom stereocenters. The Labute approximate surface area is 161 Å². The lowest BCUT2D eigenvalue weighted by molar-refractivity contribution is -0.384. The topological polar surface area (TPSA) is 89.7 Å². The van der Waals surface area contributed by atoms with Gasteiger partial charge in [-0.25, -0.2) is 0 Å². The summed E-state index contributed by atoms with van der Waals surface area (Å²) in [4.78, 5) is 22.8. The van der Waals surface area contributed by atoms with Gasteiger partial charge in [0.25, 0.3) is 11.5 Å². The molecule has 6 nitrogen and oxygen atoms in total. The van der Waals surface area contributed by atoms with Crippen LogP contribution in [0.3, 0.4) is 0 Å². The number of nitro benzene ring substituents is 1. The number of non-ortho nitro benzene ring substituents is 1. The fourth-order valence-corrected chi connectivity index (χ4v) is 2.82. The average Bonchev–Trinajstić information content (AvgIpc) is 2.66. The zero-order chi connectivity index (χ0) is 20.1. The zero-order valence-electron chi connectivity index (χ0n) is 16.4. The average molecular weight is 377 g/mol. The second kappa shape index (κ2) is 12.4. The standard InChI is InChI=1S/C21H31NO5/c1-3-5-6-7-8-9-10-11-17-27-21(24,16-4-2)20(23)18-12-14-19(15-13-18)22(25)26/h4,12-16,24H,3,5-11,17H2,1-2H3. The van der Waals surface area contributed by atoms with Gasteiger partial charge in [-0.05, 0) is 31.6 Å². The van der Waals surface area contributed by atoms with E-state index in [1.807, 2.05) is 0 Å². The summed E-state index contributed by atoms with van der Waals surface area (Å²) in [6.45, 7) is 4.16. The molecule has 27 heavy (non-hydrogen) atoms. The molecule has 150 valence electrons. The summed E-state index contributed by atoms with van der Waals surface area (Å²) in [5.41, 5.74) is 0.0538. The Morgan fingerprint density at radius 2 is 1.67 bits per heavy atom. The number of Topliss-reactive ketones (excluding diaryl/α,β-unsaturated/α-hetero) is 1. The van der Waals surface area contributed by atoms with Crippen molar-refractivity contribution in [3.63, 3.8) is 0 Å². The van der Waals surface area contributed by atoms with Gasteiger partial charge in [0, 0.05) is 17.7 Å². The third kappa shape index (κ3) is 8.01. The van der Waals surface area contributed by atoms with Crippen molar-refractivity contribution in [2.75, 3.05) is 6.61 Å². The number of ether oxygens (including phenoxy) is 1. The highest BCUT2D eigenvalue weighted by atomic mass is 16.6. The molecule has 0 saturated heterocycles. The van der Waals surface area contributed by atoms with Crippen molar-refractivity contribution in [2.24, 2.45) is 0 Å². The van der Waals surface area contributed by atoms with Gasteiger partial charge in [0.15, 0.2) is 0 Å². The number of aliphatic hydroxyl groups is 1. The largest absolute Gasteiger partial charge is 0.356 e. The molecule has 1 rings (SSSR count). The van der Waals surface area contributed by atoms with Crippen LogP contribution >= 0.6 is 0 Å². The van der Waals surface area contributed by atoms with Crippen molar-refractivity contribution in [3.05, 3.63) is 52.1 Å². The minimum atomic E-state index is -2.05. The molecule has 1 unspecified atom stereocenters. The Morgan fingerprint density at radius 3 is 2.19 bits per heavy atom. The van der Waals surface area contributed by atoms with Crippen molar-refractivity contribution < 1.29 is 19.6 Å². The quantitative estimate of drug-likeness (QED) is 0.120. The molecule has 0 bridgehead atoms. The van der Waals surface area contributed by atoms with Crippen molar-refractivity contribution in [2.45, 2.75) is 71.0 Å². The molecule has 6 heteroatoms. The van der Waals surface area contributed by atoms with Gasteiger partial charge < -0.3 is 9.84 Å². The normalized spacial score (nSPS) is 13.6. The van der Waals surface area contributed by atoms with Crippen LogP contribution in [-0.4, -0.2) is 28.2 Å². The van der Waals surface area contributed by atoms with Crippen molar-refractivity contribution >= 4 is 11.5 Å². The maximum atomic E-state index is 12.6. The predicted octanol–water partition coefficient (Wildman–Crippen LogP) is 5.20. The smallest absolute Gasteiger partial charge is 0.269 e. The summed E-state index contributed by atoms with van der Waals surface area (Å²) in [6.07, 6.45) is 12.0. The third-order valence-electron chi connectivity index (χ3n) is 4.38. The Kier molecular flexibility index (Phi) is 10.5. The summed E-state index contributed by atoms with van der Waals surface area (Å²) in [7, 11) is 0. The van der Waals surface area contributed by atoms with Crippen LogP contribution in [0, 0.1) is 10.1 Å². The molecular formula is C21H31NO5. The van der Waals surface area contributed by atoms with Gasteiger partial charge in [0.2, 0.25) is 5.78 Å². The van der Waals surface area contributed by atoms with Gasteiger partial charge in [-0.3, -0.25) is 14.9 Å². The number of nitro groups is 1. The number of hydrogen-bond donors (Lipinski definition) is 1. The molecular weight excluding hydrogens is 346 g/mol. The van der Waals surface area contributed by atoms with Gasteiger partial charge in [-0.2, -0.15) is 0 Å². The number of allylic oxidation sites excluding steroid dienone is 1. The summed E-state index contributed by atoms with van der Waals surface area (Å²) >= 11 is 0. The number of nitrogens with zero attached hydrogens (tertiary/aromatic N) is 1. The number of carbonyl (C=O) groups is 1. The summed E-state index contributed by atoms with van der Waals surface area (Å²) < 4.78 is 5.49. The summed E-state index contributed by atoms with van der Waals surface area (Å²) in [5.74, 6) is -2.68. The van der Waals surface area contributed by atoms with Crippen LogP contribution in [0.4, 0.5) is 5.69 Å². The number of carbonyl (C=O) groups excluding carboxylic acids is 1. The van der Waals surface area contributed by atoms with Crippen LogP contribution in [-0.2, 0) is 4.74 Å². The highest BCUT2D eigenvalue weighted by molar-refractivity contribution is 6.02. The highest BCUT2D eigenvalue weighted by Gasteiger charge is 2.35. The van der Waals surface area contributed by atoms with E-state index in [1.54, 1.807) is 13.0 Å². The van der Waals surface area contributed by atoms with E-state index in [1.165, 1.54) is 62.4 Å². The Hall–Kier alpha value is -2.05. The molecule has 0 spiro atoms. The maximum Gasteiger partial charge on any atom is 0.269 e. The first-order chi connectivity index (χ1) is 12.9. The minimum absolute atomic E-state index is 0.110. The second-order valence-corrected chi connectivity index (χ2v) is 6.65. The lowest BCUT2D eigenvalue weighted by Gasteiger charge is -2.23. The number of ketones is 1. The van der Waals surface area contributed by atoms with E-state index in [0.717, 1.165) is 19.3 Å². The number of rotatable bonds is 14. The van der Waals surface area contributed by atoms with Crippen LogP contribution in [0.2, 0.25) is 0 Å². The first-order valence-corrected chi connectivity index (χ1v) is 9.74. The predicted molar refractivity (Wildman–Crippen MR) is 106 cm³/mol. The van der Waals surface area contributed by atoms with E-state index >= 15 is 0 Å². The van der Waals surface area contributed by atoms with Gasteiger partial charge in [-0.1, -0.05) is 57.9 Å². The van der Waals surface area contributed by atoms with Crippen LogP contribution in [0.25, 0.3) is 0 Å². The number of unbranched alkanes of at least 4 members (excludes halogenated alkanes) is 7. The van der Waals surface area contributed by atoms with Crippen LogP contribution in [0.5, 0.6) is 0 Å². The molecule has 0 fully saturated rings. The number of hydrogen-bond acceptors (Lipinski definition) is 5. The van der Waals surface area contributed by atoms with Crippen molar-refractivity contribution in [1.82, 2.24) is 0 Å². The molecule has 0 radical (unpaired) electrons. The zero-order valence-corrected chi connectivity index (χ0v) is 16.4. The summed E-state index contributed by atoms with van der Waals surface area (Å²) in [6, 6.07) is 5.13. The molecule has 0 aliphatic rings. The van der Waals surface area contributed by atoms with Crippen LogP contribution < -0.4 is 0 Å². The van der Waals surface area contributed by atoms with E-state index in [-0.39, 0.29) is 17.9 Å². The summed E-state index contributed by atoms with van der Waals surface area (Å²) in [5, 5.41) is 21.3. The molecule has 0 amide bonds. The van der Waals surface area contributed by atoms with E-state index in [9.17, 15) is 20.0 Å². The third-order valence-corrected chi connectivity index (χ3v) is 4.38. The second-order valence-electron chi connectivity index (χ2n) is 6.65. The van der Waals surface area contributed by atoms with E-state index in [4.69, 9.17) is 4.74 Å². The van der Waals surface area contributed by atoms with Crippen molar-refractivity contribution in [3.8, 4) is 0 Å². The molecule has 0 aliphatic carbocycles. The molecule has 0 aliphatic heterocycles. The molecule has 1 N–H and O–H groups in total. The lowest BCUT2D eigenvalue weighted by atomic mass is 10.0. The first kappa shape index (κ1) is 23.0. The fourth-order valence-electron chi connectivity index (χ4n) is 2.82. The fraction of sp³-hybridized carbons (Fsp3) is 0.571. The maximum absolute atomic E-state index is 12.6. The highest BCUT2D eigenvalue weighted by Crippen LogP contribution is 2.21. The minimum Gasteiger partial charge on any atom is -0.356 e. The Bertz CT molecular complexity index is 612. The monoisotopic (exact) mass is 377 g/mol. The van der Waals surface area contributed by atoms with Gasteiger partial charge in [0.1, 0.15) is 0 Å².